The van der Waals surface area contributed by atoms with E-state index in [4.69, 9.17) is 0 Å². The molecule has 2 heterocycles. The zero-order valence-corrected chi connectivity index (χ0v) is 15.4. The Hall–Kier alpha value is -3.46. The lowest BCUT2D eigenvalue weighted by Gasteiger charge is -2.01. The molecule has 2 aromatic heterocycles. The third-order valence-corrected chi connectivity index (χ3v) is 4.78. The third kappa shape index (κ3) is 3.32. The second-order valence-corrected chi connectivity index (χ2v) is 6.63. The number of benzene rings is 3. The average molecular weight is 352 g/mol. The van der Waals surface area contributed by atoms with E-state index in [2.05, 4.69) is 29.0 Å². The molecule has 0 saturated heterocycles. The maximum Gasteiger partial charge on any atom is 0.197 e. The highest BCUT2D eigenvalue weighted by molar-refractivity contribution is 5.92. The van der Waals surface area contributed by atoms with E-state index in [9.17, 15) is 4.79 Å². The van der Waals surface area contributed by atoms with Gasteiger partial charge >= 0.3 is 0 Å². The Kier molecular flexibility index (Phi) is 4.43. The molecule has 0 unspecified atom stereocenters. The SMILES string of the molecule is Cc1cc2ccccc2nc1C.O=c1c2ccccc2[nH]c2ccccc12. The normalized spacial score (nSPS) is 10.7. The van der Waals surface area contributed by atoms with Crippen molar-refractivity contribution in [3.05, 3.63) is 100 Å². The van der Waals surface area contributed by atoms with Crippen LogP contribution in [0.25, 0.3) is 32.7 Å². The number of rotatable bonds is 0. The lowest BCUT2D eigenvalue weighted by atomic mass is 10.1. The Morgan fingerprint density at radius 2 is 1.30 bits per heavy atom. The van der Waals surface area contributed by atoms with Gasteiger partial charge in [0.05, 0.1) is 5.52 Å². The van der Waals surface area contributed by atoms with Crippen molar-refractivity contribution in [3.8, 4) is 0 Å². The number of nitrogens with zero attached hydrogens (tertiary/aromatic N) is 1. The first-order valence-corrected chi connectivity index (χ1v) is 8.96. The standard InChI is InChI=1S/C13H9NO.C11H11N/c15-13-9-5-1-3-7-11(9)14-12-8-4-2-6-10(12)13;1-8-7-10-5-3-4-6-11(10)12-9(8)2/h1-8H,(H,14,15);3-7H,1-2H3. The molecule has 0 bridgehead atoms. The van der Waals surface area contributed by atoms with Crippen LogP contribution in [0.15, 0.2) is 83.7 Å². The van der Waals surface area contributed by atoms with Gasteiger partial charge in [0.1, 0.15) is 0 Å². The van der Waals surface area contributed by atoms with Gasteiger partial charge in [-0.15, -0.1) is 0 Å². The molecule has 27 heavy (non-hydrogen) atoms. The van der Waals surface area contributed by atoms with E-state index < -0.39 is 0 Å². The second kappa shape index (κ2) is 7.04. The van der Waals surface area contributed by atoms with Gasteiger partial charge in [-0.1, -0.05) is 42.5 Å². The predicted octanol–water partition coefficient (Wildman–Crippen LogP) is 5.53. The molecule has 0 aliphatic rings. The fraction of sp³-hybridized carbons (Fsp3) is 0.0833. The van der Waals surface area contributed by atoms with E-state index in [-0.39, 0.29) is 5.43 Å². The molecule has 0 amide bonds. The summed E-state index contributed by atoms with van der Waals surface area (Å²) in [6, 6.07) is 25.5. The summed E-state index contributed by atoms with van der Waals surface area (Å²) in [5.41, 5.74) is 5.34. The Morgan fingerprint density at radius 1 is 0.741 bits per heavy atom. The molecular weight excluding hydrogens is 332 g/mol. The van der Waals surface area contributed by atoms with Crippen LogP contribution in [0.3, 0.4) is 0 Å². The van der Waals surface area contributed by atoms with Gasteiger partial charge in [-0.25, -0.2) is 0 Å². The molecule has 0 aliphatic carbocycles. The minimum absolute atomic E-state index is 0.0972. The minimum Gasteiger partial charge on any atom is -0.354 e. The van der Waals surface area contributed by atoms with Gasteiger partial charge in [-0.05, 0) is 55.8 Å². The first kappa shape index (κ1) is 17.0. The van der Waals surface area contributed by atoms with Crippen molar-refractivity contribution in [3.63, 3.8) is 0 Å². The van der Waals surface area contributed by atoms with Crippen molar-refractivity contribution >= 4 is 32.7 Å². The summed E-state index contributed by atoms with van der Waals surface area (Å²) in [4.78, 5) is 19.8. The maximum absolute atomic E-state index is 12.1. The molecule has 0 saturated carbocycles. The van der Waals surface area contributed by atoms with Crippen molar-refractivity contribution in [2.45, 2.75) is 13.8 Å². The van der Waals surface area contributed by atoms with Crippen LogP contribution in [0.2, 0.25) is 0 Å². The van der Waals surface area contributed by atoms with E-state index in [1.807, 2.05) is 73.7 Å². The first-order valence-electron chi connectivity index (χ1n) is 8.96. The quantitative estimate of drug-likeness (QED) is 0.372. The highest BCUT2D eigenvalue weighted by Crippen LogP contribution is 2.15. The molecule has 5 rings (SSSR count). The molecule has 5 aromatic rings. The number of para-hydroxylation sites is 3. The van der Waals surface area contributed by atoms with Crippen LogP contribution in [0.1, 0.15) is 11.3 Å². The van der Waals surface area contributed by atoms with E-state index >= 15 is 0 Å². The van der Waals surface area contributed by atoms with Crippen LogP contribution < -0.4 is 5.43 Å². The summed E-state index contributed by atoms with van der Waals surface area (Å²) in [5.74, 6) is 0. The molecule has 0 fully saturated rings. The molecule has 0 radical (unpaired) electrons. The number of nitrogens with one attached hydrogen (secondary N) is 1. The fourth-order valence-corrected chi connectivity index (χ4v) is 3.19. The maximum atomic E-state index is 12.1. The molecule has 3 heteroatoms. The van der Waals surface area contributed by atoms with E-state index in [0.717, 1.165) is 33.0 Å². The van der Waals surface area contributed by atoms with Crippen LogP contribution in [-0.2, 0) is 0 Å². The minimum atomic E-state index is 0.0972. The summed E-state index contributed by atoms with van der Waals surface area (Å²) in [6.07, 6.45) is 0. The molecule has 0 aliphatic heterocycles. The number of aromatic amines is 1. The summed E-state index contributed by atoms with van der Waals surface area (Å²) in [5, 5.41) is 2.72. The van der Waals surface area contributed by atoms with Crippen molar-refractivity contribution in [1.29, 1.82) is 0 Å². The number of hydrogen-bond donors (Lipinski definition) is 1. The van der Waals surface area contributed by atoms with Gasteiger partial charge < -0.3 is 4.98 Å². The number of aryl methyl sites for hydroxylation is 2. The second-order valence-electron chi connectivity index (χ2n) is 6.63. The lowest BCUT2D eigenvalue weighted by molar-refractivity contribution is 1.20. The molecule has 3 aromatic carbocycles. The largest absolute Gasteiger partial charge is 0.354 e. The lowest BCUT2D eigenvalue weighted by Crippen LogP contribution is -2.03. The van der Waals surface area contributed by atoms with Crippen molar-refractivity contribution in [1.82, 2.24) is 9.97 Å². The van der Waals surface area contributed by atoms with E-state index in [1.54, 1.807) is 0 Å². The van der Waals surface area contributed by atoms with Crippen molar-refractivity contribution < 1.29 is 0 Å². The molecule has 3 nitrogen and oxygen atoms in total. The average Bonchev–Trinajstić information content (AvgIpc) is 2.70. The monoisotopic (exact) mass is 352 g/mol. The topological polar surface area (TPSA) is 45.8 Å². The highest BCUT2D eigenvalue weighted by Gasteiger charge is 2.02. The van der Waals surface area contributed by atoms with Gasteiger partial charge in [-0.3, -0.25) is 9.78 Å². The zero-order valence-electron chi connectivity index (χ0n) is 15.4. The van der Waals surface area contributed by atoms with Crippen LogP contribution in [0, 0.1) is 13.8 Å². The molecule has 1 N–H and O–H groups in total. The van der Waals surface area contributed by atoms with E-state index in [1.165, 1.54) is 10.9 Å². The number of fused-ring (bicyclic) bond motifs is 3. The van der Waals surface area contributed by atoms with Gasteiger partial charge in [-0.2, -0.15) is 0 Å². The summed E-state index contributed by atoms with van der Waals surface area (Å²) in [6.45, 7) is 4.14. The Morgan fingerprint density at radius 3 is 1.96 bits per heavy atom. The van der Waals surface area contributed by atoms with Crippen LogP contribution in [0.5, 0.6) is 0 Å². The molecular formula is C24H20N2O. The summed E-state index contributed by atoms with van der Waals surface area (Å²) >= 11 is 0. The number of hydrogen-bond acceptors (Lipinski definition) is 2. The fourth-order valence-electron chi connectivity index (χ4n) is 3.19. The third-order valence-electron chi connectivity index (χ3n) is 4.78. The Labute approximate surface area is 157 Å². The van der Waals surface area contributed by atoms with Crippen molar-refractivity contribution in [2.75, 3.05) is 0 Å². The summed E-state index contributed by atoms with van der Waals surface area (Å²) < 4.78 is 0. The van der Waals surface area contributed by atoms with E-state index in [0.29, 0.717) is 0 Å². The zero-order chi connectivity index (χ0) is 18.8. The number of pyridine rings is 2. The Balaban J connectivity index is 0.000000137. The van der Waals surface area contributed by atoms with Gasteiger partial charge in [0, 0.05) is 32.9 Å². The number of aromatic nitrogens is 2. The van der Waals surface area contributed by atoms with Gasteiger partial charge in [0.25, 0.3) is 0 Å². The first-order chi connectivity index (χ1) is 13.1. The van der Waals surface area contributed by atoms with Crippen LogP contribution in [-0.4, -0.2) is 9.97 Å². The van der Waals surface area contributed by atoms with Crippen LogP contribution in [0.4, 0.5) is 0 Å². The summed E-state index contributed by atoms with van der Waals surface area (Å²) in [7, 11) is 0. The molecule has 0 atom stereocenters. The molecule has 132 valence electrons. The van der Waals surface area contributed by atoms with Crippen LogP contribution >= 0.6 is 0 Å². The van der Waals surface area contributed by atoms with Gasteiger partial charge in [0.2, 0.25) is 0 Å². The smallest absolute Gasteiger partial charge is 0.197 e. The molecule has 0 spiro atoms. The predicted molar refractivity (Wildman–Crippen MR) is 113 cm³/mol. The van der Waals surface area contributed by atoms with Crippen molar-refractivity contribution in [2.24, 2.45) is 0 Å². The number of H-pyrrole nitrogens is 1. The van der Waals surface area contributed by atoms with Gasteiger partial charge in [0.15, 0.2) is 5.43 Å². The highest BCUT2D eigenvalue weighted by atomic mass is 16.1. The Bertz CT molecular complexity index is 1220.